The lowest BCUT2D eigenvalue weighted by molar-refractivity contribution is 0.0420. The number of piperazine rings is 1. The standard InChI is InChI=1S/C21H34N2O3/c1-20(2,3)16-10-14(11-17(18(16)25)21(4,5)6)19(26)23-9-8-22(7)15(12-23)13-24/h10-11,15,24-25H,8-9,12-13H2,1-7H3/t15-/m1/s1. The molecule has 1 saturated heterocycles. The minimum absolute atomic E-state index is 0.0333. The molecule has 1 aliphatic heterocycles. The van der Waals surface area contributed by atoms with Crippen LogP contribution < -0.4 is 0 Å². The molecule has 1 atom stereocenters. The summed E-state index contributed by atoms with van der Waals surface area (Å²) in [6, 6.07) is 3.63. The minimum Gasteiger partial charge on any atom is -0.507 e. The Kier molecular flexibility index (Phi) is 5.74. The maximum atomic E-state index is 13.2. The number of hydrogen-bond donors (Lipinski definition) is 2. The van der Waals surface area contributed by atoms with Gasteiger partial charge in [0.15, 0.2) is 0 Å². The number of aliphatic hydroxyl groups is 1. The van der Waals surface area contributed by atoms with Crippen LogP contribution in [0.2, 0.25) is 0 Å². The van der Waals surface area contributed by atoms with Gasteiger partial charge in [-0.3, -0.25) is 9.69 Å². The fourth-order valence-corrected chi connectivity index (χ4v) is 3.41. The Hall–Kier alpha value is -1.59. The Balaban J connectivity index is 2.47. The zero-order valence-corrected chi connectivity index (χ0v) is 17.3. The number of benzene rings is 1. The van der Waals surface area contributed by atoms with Crippen molar-refractivity contribution in [2.24, 2.45) is 0 Å². The molecule has 0 unspecified atom stereocenters. The predicted octanol–water partition coefficient (Wildman–Crippen LogP) is 2.74. The van der Waals surface area contributed by atoms with E-state index in [4.69, 9.17) is 0 Å². The molecule has 1 aliphatic rings. The summed E-state index contributed by atoms with van der Waals surface area (Å²) in [5, 5.41) is 20.4. The van der Waals surface area contributed by atoms with Crippen LogP contribution in [0.4, 0.5) is 0 Å². The number of rotatable bonds is 2. The average Bonchev–Trinajstić information content (AvgIpc) is 2.52. The molecule has 5 heteroatoms. The number of carbonyl (C=O) groups is 1. The van der Waals surface area contributed by atoms with Crippen molar-refractivity contribution >= 4 is 5.91 Å². The highest BCUT2D eigenvalue weighted by Gasteiger charge is 2.31. The van der Waals surface area contributed by atoms with Gasteiger partial charge in [-0.15, -0.1) is 0 Å². The fourth-order valence-electron chi connectivity index (χ4n) is 3.41. The first-order chi connectivity index (χ1) is 11.9. The average molecular weight is 363 g/mol. The van der Waals surface area contributed by atoms with Crippen molar-refractivity contribution in [3.8, 4) is 5.75 Å². The van der Waals surface area contributed by atoms with Crippen LogP contribution in [0.5, 0.6) is 5.75 Å². The van der Waals surface area contributed by atoms with Crippen molar-refractivity contribution in [3.63, 3.8) is 0 Å². The van der Waals surface area contributed by atoms with E-state index in [1.807, 2.05) is 65.6 Å². The Labute approximate surface area is 157 Å². The van der Waals surface area contributed by atoms with Crippen LogP contribution in [-0.4, -0.2) is 65.3 Å². The van der Waals surface area contributed by atoms with Crippen molar-refractivity contribution in [2.45, 2.75) is 58.4 Å². The van der Waals surface area contributed by atoms with Gasteiger partial charge in [-0.05, 0) is 30.0 Å². The van der Waals surface area contributed by atoms with Gasteiger partial charge in [0, 0.05) is 36.3 Å². The first-order valence-corrected chi connectivity index (χ1v) is 9.34. The third-order valence-corrected chi connectivity index (χ3v) is 5.25. The lowest BCUT2D eigenvalue weighted by Crippen LogP contribution is -2.54. The molecule has 5 nitrogen and oxygen atoms in total. The highest BCUT2D eigenvalue weighted by Crippen LogP contribution is 2.40. The lowest BCUT2D eigenvalue weighted by atomic mass is 9.78. The van der Waals surface area contributed by atoms with Gasteiger partial charge in [-0.25, -0.2) is 0 Å². The number of nitrogens with zero attached hydrogens (tertiary/aromatic N) is 2. The minimum atomic E-state index is -0.268. The maximum Gasteiger partial charge on any atom is 0.253 e. The summed E-state index contributed by atoms with van der Waals surface area (Å²) < 4.78 is 0. The molecule has 0 radical (unpaired) electrons. The first kappa shape index (κ1) is 20.7. The summed E-state index contributed by atoms with van der Waals surface area (Å²) in [6.07, 6.45) is 0. The Morgan fingerprint density at radius 3 is 2.00 bits per heavy atom. The summed E-state index contributed by atoms with van der Waals surface area (Å²) in [7, 11) is 1.97. The quantitative estimate of drug-likeness (QED) is 0.849. The van der Waals surface area contributed by atoms with E-state index in [1.54, 1.807) is 0 Å². The van der Waals surface area contributed by atoms with Crippen LogP contribution in [0.1, 0.15) is 63.0 Å². The number of hydrogen-bond acceptors (Lipinski definition) is 4. The molecule has 146 valence electrons. The smallest absolute Gasteiger partial charge is 0.253 e. The largest absolute Gasteiger partial charge is 0.507 e. The molecule has 2 rings (SSSR count). The molecule has 1 fully saturated rings. The monoisotopic (exact) mass is 362 g/mol. The van der Waals surface area contributed by atoms with Crippen molar-refractivity contribution in [1.29, 1.82) is 0 Å². The second-order valence-corrected chi connectivity index (χ2v) is 9.49. The van der Waals surface area contributed by atoms with Crippen LogP contribution in [0.15, 0.2) is 12.1 Å². The molecule has 0 spiro atoms. The van der Waals surface area contributed by atoms with Crippen molar-refractivity contribution in [1.82, 2.24) is 9.80 Å². The zero-order valence-electron chi connectivity index (χ0n) is 17.3. The number of aliphatic hydroxyl groups excluding tert-OH is 1. The van der Waals surface area contributed by atoms with Gasteiger partial charge in [0.1, 0.15) is 5.75 Å². The Morgan fingerprint density at radius 2 is 1.58 bits per heavy atom. The molecule has 1 heterocycles. The highest BCUT2D eigenvalue weighted by atomic mass is 16.3. The van der Waals surface area contributed by atoms with Crippen LogP contribution in [0, 0.1) is 0 Å². The molecule has 0 aromatic heterocycles. The molecule has 0 saturated carbocycles. The van der Waals surface area contributed by atoms with E-state index in [0.717, 1.165) is 17.7 Å². The van der Waals surface area contributed by atoms with Crippen molar-refractivity contribution in [3.05, 3.63) is 28.8 Å². The van der Waals surface area contributed by atoms with E-state index in [2.05, 4.69) is 4.90 Å². The normalized spacial score (nSPS) is 19.7. The SMILES string of the molecule is CN1CCN(C(=O)c2cc(C(C)(C)C)c(O)c(C(C)(C)C)c2)C[C@@H]1CO. The van der Waals surface area contributed by atoms with Crippen LogP contribution >= 0.6 is 0 Å². The molecule has 2 N–H and O–H groups in total. The summed E-state index contributed by atoms with van der Waals surface area (Å²) in [6.45, 7) is 14.2. The third kappa shape index (κ3) is 4.21. The molecule has 26 heavy (non-hydrogen) atoms. The molecule has 1 aromatic rings. The number of likely N-dealkylation sites (N-methyl/N-ethyl adjacent to an activating group) is 1. The summed E-state index contributed by atoms with van der Waals surface area (Å²) in [5.41, 5.74) is 1.66. The number of phenolic OH excluding ortho intramolecular Hbond substituents is 1. The van der Waals surface area contributed by atoms with Gasteiger partial charge in [-0.1, -0.05) is 41.5 Å². The van der Waals surface area contributed by atoms with Gasteiger partial charge in [0.2, 0.25) is 0 Å². The first-order valence-electron chi connectivity index (χ1n) is 9.34. The van der Waals surface area contributed by atoms with Gasteiger partial charge < -0.3 is 15.1 Å². The van der Waals surface area contributed by atoms with Gasteiger partial charge in [-0.2, -0.15) is 0 Å². The fraction of sp³-hybridized carbons (Fsp3) is 0.667. The van der Waals surface area contributed by atoms with Gasteiger partial charge in [0.25, 0.3) is 5.91 Å². The number of carbonyl (C=O) groups excluding carboxylic acids is 1. The van der Waals surface area contributed by atoms with Crippen molar-refractivity contribution < 1.29 is 15.0 Å². The molecular weight excluding hydrogens is 328 g/mol. The van der Waals surface area contributed by atoms with E-state index in [-0.39, 0.29) is 35.1 Å². The molecule has 0 aliphatic carbocycles. The molecular formula is C21H34N2O3. The van der Waals surface area contributed by atoms with E-state index in [9.17, 15) is 15.0 Å². The van der Waals surface area contributed by atoms with Gasteiger partial charge in [0.05, 0.1) is 12.6 Å². The second-order valence-electron chi connectivity index (χ2n) is 9.49. The van der Waals surface area contributed by atoms with Crippen molar-refractivity contribution in [2.75, 3.05) is 33.3 Å². The third-order valence-electron chi connectivity index (χ3n) is 5.25. The summed E-state index contributed by atoms with van der Waals surface area (Å²) >= 11 is 0. The highest BCUT2D eigenvalue weighted by molar-refractivity contribution is 5.95. The maximum absolute atomic E-state index is 13.2. The molecule has 0 bridgehead atoms. The molecule has 1 amide bonds. The second kappa shape index (κ2) is 7.20. The van der Waals surface area contributed by atoms with E-state index in [1.165, 1.54) is 0 Å². The number of aromatic hydroxyl groups is 1. The lowest BCUT2D eigenvalue weighted by Gasteiger charge is -2.39. The van der Waals surface area contributed by atoms with E-state index in [0.29, 0.717) is 18.7 Å². The summed E-state index contributed by atoms with van der Waals surface area (Å²) in [5.74, 6) is 0.251. The number of phenols is 1. The Morgan fingerprint density at radius 1 is 1.08 bits per heavy atom. The van der Waals surface area contributed by atoms with E-state index < -0.39 is 0 Å². The Bertz CT molecular complexity index is 636. The molecule has 1 aromatic carbocycles. The zero-order chi connectivity index (χ0) is 19.9. The number of amides is 1. The summed E-state index contributed by atoms with van der Waals surface area (Å²) in [4.78, 5) is 17.1. The van der Waals surface area contributed by atoms with Crippen LogP contribution in [0.3, 0.4) is 0 Å². The van der Waals surface area contributed by atoms with Gasteiger partial charge >= 0.3 is 0 Å². The van der Waals surface area contributed by atoms with Crippen LogP contribution in [-0.2, 0) is 10.8 Å². The topological polar surface area (TPSA) is 64.0 Å². The predicted molar refractivity (Wildman–Crippen MR) is 105 cm³/mol. The van der Waals surface area contributed by atoms with E-state index >= 15 is 0 Å². The van der Waals surface area contributed by atoms with Crippen LogP contribution in [0.25, 0.3) is 0 Å².